The molecule has 1 aliphatic carbocycles. The van der Waals surface area contributed by atoms with Crippen LogP contribution in [0.2, 0.25) is 0 Å². The van der Waals surface area contributed by atoms with Crippen molar-refractivity contribution in [1.82, 2.24) is 19.1 Å². The first-order valence-corrected chi connectivity index (χ1v) is 9.78. The molecule has 1 fully saturated rings. The van der Waals surface area contributed by atoms with E-state index in [0.29, 0.717) is 6.04 Å². The Hall–Kier alpha value is 0.560. The fraction of sp³-hybridized carbons (Fsp3) is 1.00. The first kappa shape index (κ1) is 16.6. The van der Waals surface area contributed by atoms with Crippen LogP contribution in [-0.2, 0) is 0 Å². The van der Waals surface area contributed by atoms with Crippen LogP contribution in [0.3, 0.4) is 0 Å². The third kappa shape index (κ3) is 2.70. The first-order valence-electron chi connectivity index (χ1n) is 6.78. The summed E-state index contributed by atoms with van der Waals surface area (Å²) in [6, 6.07) is 0.529. The van der Waals surface area contributed by atoms with E-state index in [4.69, 9.17) is 11.2 Å². The molecule has 1 N–H and O–H groups in total. The number of nitrogens with one attached hydrogen (secondary N) is 1. The summed E-state index contributed by atoms with van der Waals surface area (Å²) >= 11 is 7.23. The fourth-order valence-corrected chi connectivity index (χ4v) is 7.10. The van der Waals surface area contributed by atoms with Crippen LogP contribution in [0.15, 0.2) is 0 Å². The second kappa shape index (κ2) is 5.90. The van der Waals surface area contributed by atoms with Gasteiger partial charge in [0, 0.05) is 0 Å². The van der Waals surface area contributed by atoms with Crippen LogP contribution in [0.5, 0.6) is 0 Å². The first-order chi connectivity index (χ1) is 8.23. The van der Waals surface area contributed by atoms with E-state index in [1.807, 2.05) is 0 Å². The third-order valence-corrected chi connectivity index (χ3v) is 12.2. The average molecular weight is 297 g/mol. The van der Waals surface area contributed by atoms with Crippen molar-refractivity contribution in [3.63, 3.8) is 0 Å². The topological polar surface area (TPSA) is 21.8 Å². The van der Waals surface area contributed by atoms with E-state index in [9.17, 15) is 0 Å². The quantitative estimate of drug-likeness (QED) is 0.787. The third-order valence-electron chi connectivity index (χ3n) is 4.14. The monoisotopic (exact) mass is 296 g/mol. The van der Waals surface area contributed by atoms with E-state index in [1.54, 1.807) is 0 Å². The van der Waals surface area contributed by atoms with Gasteiger partial charge in [-0.1, -0.05) is 0 Å². The van der Waals surface area contributed by atoms with Crippen molar-refractivity contribution in [3.05, 3.63) is 0 Å². The maximum atomic E-state index is 7.23. The normalized spacial score (nSPS) is 21.6. The van der Waals surface area contributed by atoms with E-state index < -0.39 is 6.56 Å². The molecule has 0 unspecified atom stereocenters. The van der Waals surface area contributed by atoms with Gasteiger partial charge in [0.1, 0.15) is 0 Å². The van der Waals surface area contributed by atoms with Crippen LogP contribution < -0.4 is 5.09 Å². The van der Waals surface area contributed by atoms with Crippen molar-refractivity contribution in [1.29, 1.82) is 0 Å². The van der Waals surface area contributed by atoms with Gasteiger partial charge < -0.3 is 0 Å². The summed E-state index contributed by atoms with van der Waals surface area (Å²) in [6.07, 6.45) is 6.47. The maximum absolute atomic E-state index is 7.23. The van der Waals surface area contributed by atoms with Gasteiger partial charge in [0.2, 0.25) is 0 Å². The zero-order valence-corrected chi connectivity index (χ0v) is 14.4. The Labute approximate surface area is 118 Å². The molecule has 18 heavy (non-hydrogen) atoms. The van der Waals surface area contributed by atoms with Gasteiger partial charge in [0.15, 0.2) is 0 Å². The van der Waals surface area contributed by atoms with Gasteiger partial charge in [0.05, 0.1) is 0 Å². The molecule has 0 aliphatic heterocycles. The van der Waals surface area contributed by atoms with E-state index in [2.05, 4.69) is 61.4 Å². The zero-order chi connectivity index (χ0) is 14.0. The van der Waals surface area contributed by atoms with Gasteiger partial charge in [-0.05, 0) is 0 Å². The van der Waals surface area contributed by atoms with Gasteiger partial charge in [-0.2, -0.15) is 0 Å². The molecule has 1 rings (SSSR count). The van der Waals surface area contributed by atoms with Crippen molar-refractivity contribution in [2.75, 3.05) is 42.3 Å². The number of halogens is 1. The summed E-state index contributed by atoms with van der Waals surface area (Å²) < 4.78 is 6.51. The minimum atomic E-state index is -2.88. The molecule has 0 heterocycles. The summed E-state index contributed by atoms with van der Waals surface area (Å²) in [4.78, 5) is 0. The molecule has 0 atom stereocenters. The van der Waals surface area contributed by atoms with Crippen molar-refractivity contribution < 1.29 is 0 Å². The van der Waals surface area contributed by atoms with Gasteiger partial charge in [-0.3, -0.25) is 0 Å². The van der Waals surface area contributed by atoms with Crippen molar-refractivity contribution in [2.24, 2.45) is 0 Å². The van der Waals surface area contributed by atoms with Crippen LogP contribution >= 0.6 is 17.8 Å². The summed E-state index contributed by atoms with van der Waals surface area (Å²) in [6.45, 7) is -2.88. The predicted molar refractivity (Wildman–Crippen MR) is 83.8 cm³/mol. The average Bonchev–Trinajstić information content (AvgIpc) is 2.29. The van der Waals surface area contributed by atoms with Crippen LogP contribution in [0.1, 0.15) is 32.1 Å². The predicted octanol–water partition coefficient (Wildman–Crippen LogP) is 2.96. The van der Waals surface area contributed by atoms with Crippen LogP contribution in [0.4, 0.5) is 0 Å². The Morgan fingerprint density at radius 3 is 1.56 bits per heavy atom. The van der Waals surface area contributed by atoms with Gasteiger partial charge in [0.25, 0.3) is 0 Å². The van der Waals surface area contributed by atoms with Crippen LogP contribution in [-0.4, -0.2) is 62.3 Å². The molecule has 0 amide bonds. The van der Waals surface area contributed by atoms with Crippen molar-refractivity contribution in [3.8, 4) is 0 Å². The number of nitrogens with zero attached hydrogens (tertiary/aromatic N) is 3. The van der Waals surface area contributed by atoms with E-state index >= 15 is 0 Å². The van der Waals surface area contributed by atoms with Gasteiger partial charge >= 0.3 is 117 Å². The molecule has 0 radical (unpaired) electrons. The summed E-state index contributed by atoms with van der Waals surface area (Å²) in [5.74, 6) is 0. The second-order valence-electron chi connectivity index (χ2n) is 5.89. The van der Waals surface area contributed by atoms with Crippen molar-refractivity contribution in [2.45, 2.75) is 38.1 Å². The molecule has 0 bridgehead atoms. The number of rotatable bonds is 5. The Balaban J connectivity index is 3.02. The Morgan fingerprint density at radius 2 is 1.22 bits per heavy atom. The molecule has 0 aromatic carbocycles. The summed E-state index contributed by atoms with van der Waals surface area (Å²) in [5, 5.41) is 3.82. The summed E-state index contributed by atoms with van der Waals surface area (Å²) in [5.41, 5.74) is 0. The number of hydrogen-bond donors (Lipinski definition) is 1. The van der Waals surface area contributed by atoms with Gasteiger partial charge in [-0.25, -0.2) is 0 Å². The molecule has 0 aromatic rings. The summed E-state index contributed by atoms with van der Waals surface area (Å²) in [7, 11) is 12.4. The van der Waals surface area contributed by atoms with Gasteiger partial charge in [-0.15, -0.1) is 0 Å². The standard InChI is InChI=1S/C12H30ClN4P/c1-15(2)18(13,16(3)4,17(5)6)14-12-10-8-7-9-11-12/h12,14H,7-11H2,1-6H3. The molecule has 4 nitrogen and oxygen atoms in total. The molecule has 6 heteroatoms. The molecule has 0 spiro atoms. The van der Waals surface area contributed by atoms with Crippen LogP contribution in [0, 0.1) is 0 Å². The second-order valence-corrected chi connectivity index (χ2v) is 12.2. The SMILES string of the molecule is CN(C)P(Cl)(NC1CCCCC1)(N(C)C)N(C)C. The zero-order valence-electron chi connectivity index (χ0n) is 12.8. The molecule has 0 saturated heterocycles. The Kier molecular flexibility index (Phi) is 5.45. The molecule has 110 valence electrons. The Morgan fingerprint density at radius 1 is 0.833 bits per heavy atom. The molecule has 1 saturated carbocycles. The minimum absolute atomic E-state index is 0.529. The molecular weight excluding hydrogens is 267 g/mol. The molecular formula is C12H30ClN4P. The van der Waals surface area contributed by atoms with Crippen molar-refractivity contribution >= 4 is 17.8 Å². The molecule has 0 aromatic heterocycles. The fourth-order valence-electron chi connectivity index (χ4n) is 2.97. The van der Waals surface area contributed by atoms with Crippen LogP contribution in [0.25, 0.3) is 0 Å². The van der Waals surface area contributed by atoms with E-state index in [1.165, 1.54) is 32.1 Å². The molecule has 1 aliphatic rings. The Bertz CT molecular complexity index is 253. The van der Waals surface area contributed by atoms with E-state index in [-0.39, 0.29) is 0 Å². The van der Waals surface area contributed by atoms with E-state index in [0.717, 1.165) is 0 Å². The number of hydrogen-bond acceptors (Lipinski definition) is 4.